The average molecular weight is 406 g/mol. The van der Waals surface area contributed by atoms with E-state index in [0.29, 0.717) is 28.0 Å². The number of anilines is 1. The van der Waals surface area contributed by atoms with E-state index < -0.39 is 5.25 Å². The zero-order valence-electron chi connectivity index (χ0n) is 15.0. The van der Waals surface area contributed by atoms with Crippen LogP contribution in [0.2, 0.25) is 0 Å². The number of rotatable bonds is 4. The minimum atomic E-state index is -0.569. The molecule has 1 unspecified atom stereocenters. The van der Waals surface area contributed by atoms with Gasteiger partial charge >= 0.3 is 0 Å². The van der Waals surface area contributed by atoms with Crippen molar-refractivity contribution in [2.75, 3.05) is 11.7 Å². The van der Waals surface area contributed by atoms with Gasteiger partial charge in [-0.15, -0.1) is 10.2 Å². The number of hydrogen-bond acceptors (Lipinski definition) is 8. The molecular formula is C20H14N4O4S. The van der Waals surface area contributed by atoms with Crippen molar-refractivity contribution in [2.45, 2.75) is 16.8 Å². The fourth-order valence-electron chi connectivity index (χ4n) is 3.18. The fourth-order valence-corrected chi connectivity index (χ4v) is 4.07. The third kappa shape index (κ3) is 3.29. The van der Waals surface area contributed by atoms with E-state index in [1.807, 2.05) is 24.3 Å². The third-order valence-corrected chi connectivity index (χ3v) is 5.63. The first-order chi connectivity index (χ1) is 14.2. The lowest BCUT2D eigenvalue weighted by molar-refractivity contribution is -0.121. The molecule has 1 saturated heterocycles. The Balaban J connectivity index is 1.31. The Hall–Kier alpha value is -3.46. The van der Waals surface area contributed by atoms with Gasteiger partial charge in [-0.3, -0.25) is 9.59 Å². The van der Waals surface area contributed by atoms with Crippen LogP contribution in [0.1, 0.15) is 6.42 Å². The summed E-state index contributed by atoms with van der Waals surface area (Å²) in [5, 5.41) is 8.09. The van der Waals surface area contributed by atoms with E-state index in [4.69, 9.17) is 9.47 Å². The highest BCUT2D eigenvalue weighted by Crippen LogP contribution is 2.36. The van der Waals surface area contributed by atoms with Crippen LogP contribution in [-0.4, -0.2) is 39.0 Å². The van der Waals surface area contributed by atoms with Crippen molar-refractivity contribution >= 4 is 29.3 Å². The van der Waals surface area contributed by atoms with Crippen molar-refractivity contribution in [3.8, 4) is 22.8 Å². The molecule has 3 aromatic rings. The summed E-state index contributed by atoms with van der Waals surface area (Å²) in [6.07, 6.45) is 1.69. The number of hydrogen-bond donors (Lipinski definition) is 0. The molecule has 5 rings (SSSR count). The molecule has 29 heavy (non-hydrogen) atoms. The van der Waals surface area contributed by atoms with E-state index in [2.05, 4.69) is 15.2 Å². The quantitative estimate of drug-likeness (QED) is 0.611. The molecule has 0 saturated carbocycles. The monoisotopic (exact) mass is 406 g/mol. The van der Waals surface area contributed by atoms with Gasteiger partial charge in [0, 0.05) is 12.0 Å². The van der Waals surface area contributed by atoms with E-state index in [-0.39, 0.29) is 25.0 Å². The molecule has 1 atom stereocenters. The van der Waals surface area contributed by atoms with Gasteiger partial charge in [-0.05, 0) is 30.3 Å². The fraction of sp³-hybridized carbons (Fsp3) is 0.150. The maximum Gasteiger partial charge on any atom is 0.247 e. The number of imide groups is 1. The molecule has 3 heterocycles. The van der Waals surface area contributed by atoms with Crippen molar-refractivity contribution in [3.63, 3.8) is 0 Å². The molecule has 0 N–H and O–H groups in total. The number of fused-ring (bicyclic) bond motifs is 1. The molecule has 2 aliphatic heterocycles. The number of thioether (sulfide) groups is 1. The molecule has 0 aliphatic carbocycles. The van der Waals surface area contributed by atoms with Crippen LogP contribution in [-0.2, 0) is 9.59 Å². The topological polar surface area (TPSA) is 94.5 Å². The summed E-state index contributed by atoms with van der Waals surface area (Å²) >= 11 is 1.14. The van der Waals surface area contributed by atoms with Gasteiger partial charge in [-0.25, -0.2) is 9.88 Å². The highest BCUT2D eigenvalue weighted by atomic mass is 32.2. The van der Waals surface area contributed by atoms with Crippen molar-refractivity contribution < 1.29 is 19.1 Å². The number of ether oxygens (including phenoxy) is 2. The van der Waals surface area contributed by atoms with Crippen LogP contribution >= 0.6 is 11.8 Å². The summed E-state index contributed by atoms with van der Waals surface area (Å²) < 4.78 is 10.7. The second-order valence-corrected chi connectivity index (χ2v) is 7.58. The van der Waals surface area contributed by atoms with Gasteiger partial charge in [0.25, 0.3) is 0 Å². The highest BCUT2D eigenvalue weighted by molar-refractivity contribution is 8.00. The molecule has 144 valence electrons. The summed E-state index contributed by atoms with van der Waals surface area (Å²) in [6.45, 7) is 0.201. The third-order valence-electron chi connectivity index (χ3n) is 4.58. The minimum Gasteiger partial charge on any atom is -0.454 e. The van der Waals surface area contributed by atoms with Crippen LogP contribution in [0.5, 0.6) is 11.5 Å². The van der Waals surface area contributed by atoms with Crippen molar-refractivity contribution in [3.05, 3.63) is 54.7 Å². The summed E-state index contributed by atoms with van der Waals surface area (Å²) in [4.78, 5) is 30.6. The number of amides is 2. The van der Waals surface area contributed by atoms with Gasteiger partial charge in [0.05, 0.1) is 11.9 Å². The Bertz CT molecular complexity index is 1090. The smallest absolute Gasteiger partial charge is 0.247 e. The zero-order chi connectivity index (χ0) is 19.8. The second-order valence-electron chi connectivity index (χ2n) is 6.41. The Morgan fingerprint density at radius 1 is 1.00 bits per heavy atom. The van der Waals surface area contributed by atoms with Crippen molar-refractivity contribution in [1.29, 1.82) is 0 Å². The van der Waals surface area contributed by atoms with Gasteiger partial charge in [0.15, 0.2) is 11.5 Å². The molecule has 0 bridgehead atoms. The first kappa shape index (κ1) is 17.6. The molecule has 1 fully saturated rings. The number of aromatic nitrogens is 3. The van der Waals surface area contributed by atoms with Crippen molar-refractivity contribution in [2.24, 2.45) is 0 Å². The zero-order valence-corrected chi connectivity index (χ0v) is 15.8. The summed E-state index contributed by atoms with van der Waals surface area (Å²) in [7, 11) is 0. The summed E-state index contributed by atoms with van der Waals surface area (Å²) in [6, 6.07) is 14.4. The van der Waals surface area contributed by atoms with Gasteiger partial charge in [-0.2, -0.15) is 0 Å². The van der Waals surface area contributed by atoms with Gasteiger partial charge in [-0.1, -0.05) is 30.0 Å². The molecule has 8 nitrogen and oxygen atoms in total. The maximum absolute atomic E-state index is 12.7. The average Bonchev–Trinajstić information content (AvgIpc) is 3.33. The molecule has 9 heteroatoms. The normalized spacial score (nSPS) is 17.8. The summed E-state index contributed by atoms with van der Waals surface area (Å²) in [5.74, 6) is 0.839. The predicted octanol–water partition coefficient (Wildman–Crippen LogP) is 2.69. The number of carbonyl (C=O) groups is 2. The van der Waals surface area contributed by atoms with E-state index in [0.717, 1.165) is 17.3 Å². The number of nitrogens with zero attached hydrogens (tertiary/aromatic N) is 4. The van der Waals surface area contributed by atoms with Crippen molar-refractivity contribution in [1.82, 2.24) is 15.2 Å². The SMILES string of the molecule is O=C1CC(Sc2ncc(-c3ccc4c(c3)OCO4)nn2)C(=O)N1c1ccccc1. The number of para-hydroxylation sites is 1. The number of carbonyl (C=O) groups excluding carboxylic acids is 2. The van der Waals surface area contributed by atoms with E-state index >= 15 is 0 Å². The first-order valence-corrected chi connectivity index (χ1v) is 9.75. The number of benzene rings is 2. The second kappa shape index (κ2) is 7.17. The van der Waals surface area contributed by atoms with Crippen LogP contribution in [0.25, 0.3) is 11.3 Å². The predicted molar refractivity (Wildman–Crippen MR) is 105 cm³/mol. The largest absolute Gasteiger partial charge is 0.454 e. The summed E-state index contributed by atoms with van der Waals surface area (Å²) in [5.41, 5.74) is 1.95. The molecule has 2 aliphatic rings. The Kier molecular flexibility index (Phi) is 4.36. The molecule has 0 radical (unpaired) electrons. The molecule has 1 aromatic heterocycles. The van der Waals surface area contributed by atoms with Crippen LogP contribution in [0.4, 0.5) is 5.69 Å². The van der Waals surface area contributed by atoms with Crippen LogP contribution in [0.15, 0.2) is 59.9 Å². The van der Waals surface area contributed by atoms with Gasteiger partial charge in [0.1, 0.15) is 10.9 Å². The van der Waals surface area contributed by atoms with E-state index in [1.165, 1.54) is 4.90 Å². The first-order valence-electron chi connectivity index (χ1n) is 8.87. The van der Waals surface area contributed by atoms with Crippen LogP contribution in [0, 0.1) is 0 Å². The molecule has 2 amide bonds. The maximum atomic E-state index is 12.7. The van der Waals surface area contributed by atoms with Crippen LogP contribution in [0.3, 0.4) is 0 Å². The Labute approximate surface area is 169 Å². The Morgan fingerprint density at radius 2 is 1.83 bits per heavy atom. The minimum absolute atomic E-state index is 0.103. The molecule has 0 spiro atoms. The van der Waals surface area contributed by atoms with Gasteiger partial charge in [0.2, 0.25) is 23.8 Å². The molecule has 2 aromatic carbocycles. The standard InChI is InChI=1S/C20H14N4O4S/c25-18-9-17(19(26)24(18)13-4-2-1-3-5-13)29-20-21-10-14(22-23-20)12-6-7-15-16(8-12)28-11-27-15/h1-8,10,17H,9,11H2. The van der Waals surface area contributed by atoms with E-state index in [1.54, 1.807) is 30.5 Å². The van der Waals surface area contributed by atoms with Crippen LogP contribution < -0.4 is 14.4 Å². The van der Waals surface area contributed by atoms with Gasteiger partial charge < -0.3 is 9.47 Å². The highest BCUT2D eigenvalue weighted by Gasteiger charge is 2.40. The lowest BCUT2D eigenvalue weighted by Gasteiger charge is -2.14. The van der Waals surface area contributed by atoms with E-state index in [9.17, 15) is 9.59 Å². The lowest BCUT2D eigenvalue weighted by Crippen LogP contribution is -2.31. The molecular weight excluding hydrogens is 392 g/mol. The lowest BCUT2D eigenvalue weighted by atomic mass is 10.1. The Morgan fingerprint density at radius 3 is 2.62 bits per heavy atom.